The molecule has 11 heteroatoms. The molecule has 0 unspecified atom stereocenters. The first-order chi connectivity index (χ1) is 15.7. The lowest BCUT2D eigenvalue weighted by Crippen LogP contribution is -2.60. The lowest BCUT2D eigenvalue weighted by molar-refractivity contribution is -0.277. The highest BCUT2D eigenvalue weighted by molar-refractivity contribution is 5.86. The van der Waals surface area contributed by atoms with Gasteiger partial charge in [0, 0.05) is 23.8 Å². The Bertz CT molecular complexity index is 1220. The molecule has 0 spiro atoms. The fourth-order valence-electron chi connectivity index (χ4n) is 3.60. The third kappa shape index (κ3) is 4.19. The summed E-state index contributed by atoms with van der Waals surface area (Å²) in [4.78, 5) is 12.6. The number of benzene rings is 2. The summed E-state index contributed by atoms with van der Waals surface area (Å²) >= 11 is 0. The van der Waals surface area contributed by atoms with Crippen LogP contribution < -0.4 is 14.9 Å². The van der Waals surface area contributed by atoms with Crippen LogP contribution in [0, 0.1) is 0 Å². The topological polar surface area (TPSA) is 179 Å². The minimum atomic E-state index is -1.67. The molecular weight excluding hydrogens is 440 g/mol. The molecular formula is C22H22O11. The van der Waals surface area contributed by atoms with Crippen molar-refractivity contribution in [3.63, 3.8) is 0 Å². The normalized spacial score (nSPS) is 25.2. The molecule has 33 heavy (non-hydrogen) atoms. The summed E-state index contributed by atoms with van der Waals surface area (Å²) in [5, 5.41) is 59.5. The fraction of sp³-hybridized carbons (Fsp3) is 0.318. The molecule has 1 saturated heterocycles. The van der Waals surface area contributed by atoms with Gasteiger partial charge in [0.05, 0.1) is 13.7 Å². The van der Waals surface area contributed by atoms with E-state index in [9.17, 15) is 35.4 Å². The Hall–Kier alpha value is -3.35. The van der Waals surface area contributed by atoms with Crippen LogP contribution >= 0.6 is 0 Å². The number of rotatable bonds is 5. The van der Waals surface area contributed by atoms with E-state index in [4.69, 9.17) is 18.6 Å². The fourth-order valence-corrected chi connectivity index (χ4v) is 3.60. The predicted octanol–water partition coefficient (Wildman–Crippen LogP) is 0.0585. The first-order valence-corrected chi connectivity index (χ1v) is 9.89. The number of phenolic OH excluding ortho intramolecular Hbond substituents is 2. The van der Waals surface area contributed by atoms with E-state index < -0.39 is 48.5 Å². The van der Waals surface area contributed by atoms with Crippen molar-refractivity contribution in [3.05, 3.63) is 46.6 Å². The van der Waals surface area contributed by atoms with Gasteiger partial charge in [-0.25, -0.2) is 0 Å². The van der Waals surface area contributed by atoms with Crippen LogP contribution in [0.2, 0.25) is 0 Å². The molecule has 3 aromatic rings. The van der Waals surface area contributed by atoms with Crippen LogP contribution in [-0.4, -0.2) is 75.1 Å². The molecule has 6 N–H and O–H groups in total. The standard InChI is InChI=1S/C22H22O11/c1-30-14-3-2-9(4-11(14)24)15-7-13(26)18-12(25)5-10(6-16(18)32-15)31-22-21(29)20(28)19(27)17(8-23)33-22/h2-7,17,19-25,27-29H,8H2,1H3/t17-,19-,20+,21-,22-/m1/s1. The van der Waals surface area contributed by atoms with Crippen molar-refractivity contribution in [2.45, 2.75) is 30.7 Å². The molecule has 5 atom stereocenters. The highest BCUT2D eigenvalue weighted by Crippen LogP contribution is 2.35. The van der Waals surface area contributed by atoms with E-state index in [0.717, 1.165) is 12.1 Å². The molecule has 1 aromatic heterocycles. The Morgan fingerprint density at radius 2 is 1.73 bits per heavy atom. The highest BCUT2D eigenvalue weighted by atomic mass is 16.7. The molecule has 1 fully saturated rings. The number of hydrogen-bond acceptors (Lipinski definition) is 11. The summed E-state index contributed by atoms with van der Waals surface area (Å²) in [5.74, 6) is -0.392. The van der Waals surface area contributed by atoms with E-state index in [1.54, 1.807) is 6.07 Å². The second-order valence-electron chi connectivity index (χ2n) is 7.49. The zero-order chi connectivity index (χ0) is 23.9. The van der Waals surface area contributed by atoms with Crippen molar-refractivity contribution >= 4 is 11.0 Å². The van der Waals surface area contributed by atoms with E-state index in [0.29, 0.717) is 5.56 Å². The maximum atomic E-state index is 12.6. The van der Waals surface area contributed by atoms with Crippen LogP contribution in [0.15, 0.2) is 45.6 Å². The largest absolute Gasteiger partial charge is 0.507 e. The second kappa shape index (κ2) is 8.89. The Morgan fingerprint density at radius 3 is 2.39 bits per heavy atom. The van der Waals surface area contributed by atoms with Gasteiger partial charge < -0.3 is 49.3 Å². The second-order valence-corrected chi connectivity index (χ2v) is 7.49. The number of aliphatic hydroxyl groups is 4. The number of aromatic hydroxyl groups is 2. The lowest BCUT2D eigenvalue weighted by Gasteiger charge is -2.39. The van der Waals surface area contributed by atoms with Crippen molar-refractivity contribution in [1.29, 1.82) is 0 Å². The first kappa shape index (κ1) is 22.8. The molecule has 1 aliphatic rings. The van der Waals surface area contributed by atoms with Crippen molar-refractivity contribution in [2.75, 3.05) is 13.7 Å². The molecule has 0 radical (unpaired) electrons. The SMILES string of the molecule is COc1ccc(-c2cc(=O)c3c(O)cc(O[C@@H]4O[C@H](CO)[C@@H](O)[C@H](O)[C@H]4O)cc3o2)cc1O. The van der Waals surface area contributed by atoms with E-state index in [1.165, 1.54) is 25.3 Å². The Morgan fingerprint density at radius 1 is 0.970 bits per heavy atom. The number of hydrogen-bond donors (Lipinski definition) is 6. The van der Waals surface area contributed by atoms with Crippen LogP contribution in [0.25, 0.3) is 22.3 Å². The van der Waals surface area contributed by atoms with E-state index in [1.807, 2.05) is 0 Å². The van der Waals surface area contributed by atoms with Gasteiger partial charge in [-0.05, 0) is 18.2 Å². The van der Waals surface area contributed by atoms with Gasteiger partial charge in [0.15, 0.2) is 16.9 Å². The molecule has 0 aliphatic carbocycles. The molecule has 0 bridgehead atoms. The van der Waals surface area contributed by atoms with Gasteiger partial charge >= 0.3 is 0 Å². The van der Waals surface area contributed by atoms with Crippen molar-refractivity contribution in [2.24, 2.45) is 0 Å². The van der Waals surface area contributed by atoms with Crippen LogP contribution in [0.3, 0.4) is 0 Å². The molecule has 1 aliphatic heterocycles. The third-order valence-electron chi connectivity index (χ3n) is 5.35. The highest BCUT2D eigenvalue weighted by Gasteiger charge is 2.44. The number of ether oxygens (including phenoxy) is 3. The van der Waals surface area contributed by atoms with Gasteiger partial charge in [0.2, 0.25) is 6.29 Å². The maximum Gasteiger partial charge on any atom is 0.229 e. The number of fused-ring (bicyclic) bond motifs is 1. The minimum absolute atomic E-state index is 0.0626. The quantitative estimate of drug-likeness (QED) is 0.302. The summed E-state index contributed by atoms with van der Waals surface area (Å²) in [7, 11) is 1.39. The van der Waals surface area contributed by atoms with Crippen LogP contribution in [0.1, 0.15) is 0 Å². The molecule has 0 amide bonds. The number of methoxy groups -OCH3 is 1. The zero-order valence-electron chi connectivity index (χ0n) is 17.3. The van der Waals surface area contributed by atoms with E-state index in [-0.39, 0.29) is 34.0 Å². The van der Waals surface area contributed by atoms with Gasteiger partial charge in [0.1, 0.15) is 52.6 Å². The molecule has 4 rings (SSSR count). The maximum absolute atomic E-state index is 12.6. The summed E-state index contributed by atoms with van der Waals surface area (Å²) in [6.45, 7) is -0.638. The van der Waals surface area contributed by atoms with Gasteiger partial charge in [-0.1, -0.05) is 0 Å². The van der Waals surface area contributed by atoms with Gasteiger partial charge in [-0.3, -0.25) is 4.79 Å². The van der Waals surface area contributed by atoms with Crippen LogP contribution in [0.5, 0.6) is 23.0 Å². The van der Waals surface area contributed by atoms with Gasteiger partial charge in [-0.15, -0.1) is 0 Å². The first-order valence-electron chi connectivity index (χ1n) is 9.89. The summed E-state index contributed by atoms with van der Waals surface area (Å²) in [6.07, 6.45) is -7.56. The zero-order valence-corrected chi connectivity index (χ0v) is 17.3. The summed E-state index contributed by atoms with van der Waals surface area (Å²) in [6, 6.07) is 7.92. The number of aliphatic hydroxyl groups excluding tert-OH is 4. The van der Waals surface area contributed by atoms with Crippen molar-refractivity contribution < 1.29 is 49.3 Å². The lowest BCUT2D eigenvalue weighted by atomic mass is 9.99. The average molecular weight is 462 g/mol. The molecule has 0 saturated carbocycles. The molecule has 2 aromatic carbocycles. The Labute approximate surface area is 186 Å². The van der Waals surface area contributed by atoms with Gasteiger partial charge in [0.25, 0.3) is 0 Å². The van der Waals surface area contributed by atoms with Crippen molar-refractivity contribution in [3.8, 4) is 34.3 Å². The monoisotopic (exact) mass is 462 g/mol. The average Bonchev–Trinajstić information content (AvgIpc) is 2.78. The molecule has 11 nitrogen and oxygen atoms in total. The van der Waals surface area contributed by atoms with Crippen LogP contribution in [0.4, 0.5) is 0 Å². The molecule has 176 valence electrons. The van der Waals surface area contributed by atoms with Crippen molar-refractivity contribution in [1.82, 2.24) is 0 Å². The van der Waals surface area contributed by atoms with E-state index >= 15 is 0 Å². The summed E-state index contributed by atoms with van der Waals surface area (Å²) < 4.78 is 21.6. The van der Waals surface area contributed by atoms with Gasteiger partial charge in [-0.2, -0.15) is 0 Å². The Kier molecular flexibility index (Phi) is 6.15. The summed E-state index contributed by atoms with van der Waals surface area (Å²) in [5.41, 5.74) is -0.252. The Balaban J connectivity index is 1.71. The van der Waals surface area contributed by atoms with Crippen LogP contribution in [-0.2, 0) is 4.74 Å². The van der Waals surface area contributed by atoms with E-state index in [2.05, 4.69) is 0 Å². The molecule has 2 heterocycles. The number of phenols is 2. The predicted molar refractivity (Wildman–Crippen MR) is 112 cm³/mol. The third-order valence-corrected chi connectivity index (χ3v) is 5.35. The smallest absolute Gasteiger partial charge is 0.229 e. The minimum Gasteiger partial charge on any atom is -0.507 e.